The minimum atomic E-state index is -1.94. The van der Waals surface area contributed by atoms with Crippen LogP contribution >= 0.6 is 0 Å². The van der Waals surface area contributed by atoms with Crippen LogP contribution in [0.4, 0.5) is 0 Å². The van der Waals surface area contributed by atoms with Crippen molar-refractivity contribution in [2.75, 3.05) is 0 Å². The van der Waals surface area contributed by atoms with E-state index in [9.17, 15) is 9.59 Å². The van der Waals surface area contributed by atoms with Crippen LogP contribution in [0.5, 0.6) is 0 Å². The standard InChI is InChI=1S/C4H3NO4/c5-1-2(3(6)7)4(8)9/h2H,(H,6,7)(H,8,9). The highest BCUT2D eigenvalue weighted by Gasteiger charge is 2.24. The van der Waals surface area contributed by atoms with Crippen LogP contribution in [0.15, 0.2) is 0 Å². The number of carboxylic acids is 2. The number of carboxylic acid groups (broad SMARTS) is 2. The van der Waals surface area contributed by atoms with E-state index in [1.807, 2.05) is 0 Å². The van der Waals surface area contributed by atoms with E-state index in [2.05, 4.69) is 0 Å². The van der Waals surface area contributed by atoms with Gasteiger partial charge in [-0.05, 0) is 0 Å². The average molecular weight is 129 g/mol. The lowest BCUT2D eigenvalue weighted by molar-refractivity contribution is -0.151. The number of hydrogen-bond donors (Lipinski definition) is 2. The van der Waals surface area contributed by atoms with Crippen LogP contribution in [0.3, 0.4) is 0 Å². The second-order valence-corrected chi connectivity index (χ2v) is 1.24. The molecule has 0 bridgehead atoms. The van der Waals surface area contributed by atoms with Gasteiger partial charge in [0.2, 0.25) is 5.92 Å². The van der Waals surface area contributed by atoms with Crippen molar-refractivity contribution in [1.29, 1.82) is 5.26 Å². The van der Waals surface area contributed by atoms with Crippen LogP contribution in [0.2, 0.25) is 0 Å². The molecule has 0 aromatic carbocycles. The predicted molar refractivity (Wildman–Crippen MR) is 24.4 cm³/mol. The van der Waals surface area contributed by atoms with Gasteiger partial charge in [-0.25, -0.2) is 0 Å². The van der Waals surface area contributed by atoms with Crippen LogP contribution < -0.4 is 0 Å². The third-order valence-corrected chi connectivity index (χ3v) is 0.623. The first-order valence-corrected chi connectivity index (χ1v) is 1.95. The van der Waals surface area contributed by atoms with Gasteiger partial charge in [-0.1, -0.05) is 0 Å². The molecule has 0 saturated heterocycles. The molecule has 0 aromatic rings. The summed E-state index contributed by atoms with van der Waals surface area (Å²) < 4.78 is 0. The molecule has 0 atom stereocenters. The van der Waals surface area contributed by atoms with Gasteiger partial charge >= 0.3 is 11.9 Å². The van der Waals surface area contributed by atoms with Gasteiger partial charge in [-0.15, -0.1) is 0 Å². The van der Waals surface area contributed by atoms with Crippen LogP contribution in [0.25, 0.3) is 0 Å². The summed E-state index contributed by atoms with van der Waals surface area (Å²) in [7, 11) is 0. The highest BCUT2D eigenvalue weighted by molar-refractivity contribution is 5.95. The maximum atomic E-state index is 9.77. The van der Waals surface area contributed by atoms with Gasteiger partial charge in [0, 0.05) is 0 Å². The van der Waals surface area contributed by atoms with Crippen molar-refractivity contribution in [2.24, 2.45) is 5.92 Å². The summed E-state index contributed by atoms with van der Waals surface area (Å²) in [6, 6.07) is 1.10. The fourth-order valence-electron chi connectivity index (χ4n) is 0.216. The molecule has 0 spiro atoms. The fourth-order valence-corrected chi connectivity index (χ4v) is 0.216. The van der Waals surface area contributed by atoms with Gasteiger partial charge in [0.15, 0.2) is 0 Å². The maximum Gasteiger partial charge on any atom is 0.332 e. The zero-order valence-electron chi connectivity index (χ0n) is 4.24. The maximum absolute atomic E-state index is 9.77. The van der Waals surface area contributed by atoms with Crippen molar-refractivity contribution in [3.05, 3.63) is 0 Å². The number of rotatable bonds is 2. The topological polar surface area (TPSA) is 98.4 Å². The molecule has 0 fully saturated rings. The molecule has 0 radical (unpaired) electrons. The summed E-state index contributed by atoms with van der Waals surface area (Å²) >= 11 is 0. The second-order valence-electron chi connectivity index (χ2n) is 1.24. The Kier molecular flexibility index (Phi) is 2.20. The number of aliphatic carboxylic acids is 2. The van der Waals surface area contributed by atoms with E-state index in [1.54, 1.807) is 0 Å². The van der Waals surface area contributed by atoms with E-state index in [1.165, 1.54) is 0 Å². The molecule has 0 unspecified atom stereocenters. The summed E-state index contributed by atoms with van der Waals surface area (Å²) in [5.41, 5.74) is 0. The molecule has 9 heavy (non-hydrogen) atoms. The summed E-state index contributed by atoms with van der Waals surface area (Å²) in [5, 5.41) is 23.7. The van der Waals surface area contributed by atoms with E-state index in [0.29, 0.717) is 0 Å². The Hall–Kier alpha value is -1.57. The lowest BCUT2D eigenvalue weighted by Gasteiger charge is -1.91. The number of nitriles is 1. The predicted octanol–water partition coefficient (Wildman–Crippen LogP) is -0.705. The molecule has 0 heterocycles. The molecule has 0 aliphatic rings. The summed E-state index contributed by atoms with van der Waals surface area (Å²) in [4.78, 5) is 19.5. The molecule has 0 aliphatic heterocycles. The summed E-state index contributed by atoms with van der Waals surface area (Å²) in [6.45, 7) is 0. The van der Waals surface area contributed by atoms with Crippen LogP contribution in [0.1, 0.15) is 0 Å². The number of carbonyl (C=O) groups is 2. The highest BCUT2D eigenvalue weighted by Crippen LogP contribution is 1.92. The van der Waals surface area contributed by atoms with E-state index in [-0.39, 0.29) is 0 Å². The Balaban J connectivity index is 4.22. The van der Waals surface area contributed by atoms with Crippen LogP contribution in [-0.4, -0.2) is 22.2 Å². The van der Waals surface area contributed by atoms with Gasteiger partial charge in [0.05, 0.1) is 6.07 Å². The van der Waals surface area contributed by atoms with Gasteiger partial charge in [0.25, 0.3) is 0 Å². The van der Waals surface area contributed by atoms with Crippen molar-refractivity contribution >= 4 is 11.9 Å². The fraction of sp³-hybridized carbons (Fsp3) is 0.250. The van der Waals surface area contributed by atoms with E-state index in [4.69, 9.17) is 15.5 Å². The summed E-state index contributed by atoms with van der Waals surface area (Å²) in [5.74, 6) is -5.21. The first-order valence-electron chi connectivity index (χ1n) is 1.95. The smallest absolute Gasteiger partial charge is 0.332 e. The van der Waals surface area contributed by atoms with E-state index < -0.39 is 17.9 Å². The van der Waals surface area contributed by atoms with Gasteiger partial charge in [-0.2, -0.15) is 5.26 Å². The molecular weight excluding hydrogens is 126 g/mol. The normalized spacial score (nSPS) is 8.44. The van der Waals surface area contributed by atoms with E-state index in [0.717, 1.165) is 6.07 Å². The lowest BCUT2D eigenvalue weighted by Crippen LogP contribution is -2.20. The Morgan fingerprint density at radius 1 is 1.33 bits per heavy atom. The minimum absolute atomic E-state index is 1.10. The minimum Gasteiger partial charge on any atom is -0.480 e. The second kappa shape index (κ2) is 2.67. The molecule has 0 aromatic heterocycles. The van der Waals surface area contributed by atoms with Crippen molar-refractivity contribution < 1.29 is 19.8 Å². The Morgan fingerprint density at radius 3 is 1.67 bits per heavy atom. The molecule has 5 nitrogen and oxygen atoms in total. The van der Waals surface area contributed by atoms with Gasteiger partial charge < -0.3 is 10.2 Å². The Labute approximate surface area is 50.1 Å². The number of nitrogens with zero attached hydrogens (tertiary/aromatic N) is 1. The van der Waals surface area contributed by atoms with Crippen molar-refractivity contribution in [2.45, 2.75) is 0 Å². The summed E-state index contributed by atoms with van der Waals surface area (Å²) in [6.07, 6.45) is 0. The molecule has 2 N–H and O–H groups in total. The molecule has 5 heteroatoms. The SMILES string of the molecule is N#CC(C(=O)O)C(=O)O. The number of hydrogen-bond acceptors (Lipinski definition) is 3. The largest absolute Gasteiger partial charge is 0.480 e. The van der Waals surface area contributed by atoms with Gasteiger partial charge in [0.1, 0.15) is 0 Å². The van der Waals surface area contributed by atoms with Crippen molar-refractivity contribution in [3.8, 4) is 6.07 Å². The zero-order chi connectivity index (χ0) is 7.44. The highest BCUT2D eigenvalue weighted by atomic mass is 16.4. The third kappa shape index (κ3) is 1.78. The first-order chi connectivity index (χ1) is 4.09. The lowest BCUT2D eigenvalue weighted by atomic mass is 10.2. The average Bonchev–Trinajstić information content (AvgIpc) is 1.64. The monoisotopic (exact) mass is 129 g/mol. The molecule has 0 saturated carbocycles. The van der Waals surface area contributed by atoms with Crippen LogP contribution in [-0.2, 0) is 9.59 Å². The first kappa shape index (κ1) is 7.43. The molecular formula is C4H3NO4. The van der Waals surface area contributed by atoms with Crippen molar-refractivity contribution in [1.82, 2.24) is 0 Å². The molecule has 0 amide bonds. The zero-order valence-corrected chi connectivity index (χ0v) is 4.24. The van der Waals surface area contributed by atoms with E-state index >= 15 is 0 Å². The molecule has 48 valence electrons. The van der Waals surface area contributed by atoms with Gasteiger partial charge in [-0.3, -0.25) is 9.59 Å². The van der Waals surface area contributed by atoms with Crippen LogP contribution in [0, 0.1) is 17.2 Å². The molecule has 0 aliphatic carbocycles. The Bertz CT molecular complexity index is 165. The Morgan fingerprint density at radius 2 is 1.67 bits per heavy atom. The quantitative estimate of drug-likeness (QED) is 0.480. The van der Waals surface area contributed by atoms with Crippen molar-refractivity contribution in [3.63, 3.8) is 0 Å². The molecule has 0 rings (SSSR count). The third-order valence-electron chi connectivity index (χ3n) is 0.623.